The summed E-state index contributed by atoms with van der Waals surface area (Å²) in [7, 11) is 0. The molecule has 0 saturated heterocycles. The van der Waals surface area contributed by atoms with Crippen LogP contribution in [0.25, 0.3) is 0 Å². The summed E-state index contributed by atoms with van der Waals surface area (Å²) in [5.41, 5.74) is -0.564. The second-order valence-corrected chi connectivity index (χ2v) is 4.91. The Morgan fingerprint density at radius 1 is 1.54 bits per heavy atom. The van der Waals surface area contributed by atoms with Crippen molar-refractivity contribution in [2.24, 2.45) is 5.41 Å². The van der Waals surface area contributed by atoms with Crippen molar-refractivity contribution >= 4 is 0 Å². The number of nitrogens with one attached hydrogen (secondary N) is 1. The van der Waals surface area contributed by atoms with Crippen molar-refractivity contribution in [1.29, 1.82) is 0 Å². The summed E-state index contributed by atoms with van der Waals surface area (Å²) >= 11 is 0. The van der Waals surface area contributed by atoms with E-state index in [0.29, 0.717) is 18.0 Å². The first-order valence-corrected chi connectivity index (χ1v) is 4.96. The Bertz CT molecular complexity index is 176. The second-order valence-electron chi connectivity index (χ2n) is 4.91. The summed E-state index contributed by atoms with van der Waals surface area (Å²) in [6, 6.07) is 0.422. The molecule has 3 nitrogen and oxygen atoms in total. The maximum atomic E-state index is 9.55. The lowest BCUT2D eigenvalue weighted by Gasteiger charge is -2.26. The molecule has 0 aromatic carbocycles. The fourth-order valence-corrected chi connectivity index (χ4v) is 1.31. The summed E-state index contributed by atoms with van der Waals surface area (Å²) in [6.07, 6.45) is 2.53. The van der Waals surface area contributed by atoms with Crippen LogP contribution in [0.4, 0.5) is 0 Å². The fourth-order valence-electron chi connectivity index (χ4n) is 1.31. The van der Waals surface area contributed by atoms with Crippen LogP contribution < -0.4 is 5.32 Å². The van der Waals surface area contributed by atoms with Gasteiger partial charge in [-0.2, -0.15) is 0 Å². The lowest BCUT2D eigenvalue weighted by molar-refractivity contribution is -0.000386. The molecular formula is C10H21NO2. The Kier molecular flexibility index (Phi) is 3.00. The first-order valence-electron chi connectivity index (χ1n) is 4.96. The minimum absolute atomic E-state index is 0.191. The molecule has 2 unspecified atom stereocenters. The zero-order valence-electron chi connectivity index (χ0n) is 8.80. The standard InChI is InChI=1S/C10H21NO2/c1-8(9(2)4-5-9)11-6-10(3,13)7-12/h8,11-13H,4-7H2,1-3H3. The topological polar surface area (TPSA) is 52.5 Å². The van der Waals surface area contributed by atoms with Crippen LogP contribution in [-0.4, -0.2) is 35.0 Å². The van der Waals surface area contributed by atoms with E-state index in [1.54, 1.807) is 6.92 Å². The lowest BCUT2D eigenvalue weighted by Crippen LogP contribution is -2.46. The smallest absolute Gasteiger partial charge is 0.0972 e. The van der Waals surface area contributed by atoms with Crippen LogP contribution in [0.1, 0.15) is 33.6 Å². The summed E-state index contributed by atoms with van der Waals surface area (Å²) in [6.45, 7) is 6.30. The van der Waals surface area contributed by atoms with E-state index in [1.165, 1.54) is 12.8 Å². The Hall–Kier alpha value is -0.120. The van der Waals surface area contributed by atoms with E-state index in [9.17, 15) is 5.11 Å². The lowest BCUT2D eigenvalue weighted by atomic mass is 9.99. The number of hydrogen-bond donors (Lipinski definition) is 3. The quantitative estimate of drug-likeness (QED) is 0.588. The van der Waals surface area contributed by atoms with Crippen LogP contribution in [0, 0.1) is 5.41 Å². The molecule has 1 saturated carbocycles. The monoisotopic (exact) mass is 187 g/mol. The predicted molar refractivity (Wildman–Crippen MR) is 52.5 cm³/mol. The highest BCUT2D eigenvalue weighted by atomic mass is 16.3. The third kappa shape index (κ3) is 2.93. The van der Waals surface area contributed by atoms with Crippen molar-refractivity contribution in [1.82, 2.24) is 5.32 Å². The van der Waals surface area contributed by atoms with E-state index >= 15 is 0 Å². The Morgan fingerprint density at radius 2 is 2.08 bits per heavy atom. The van der Waals surface area contributed by atoms with E-state index in [-0.39, 0.29) is 6.61 Å². The molecule has 0 heterocycles. The summed E-state index contributed by atoms with van der Waals surface area (Å²) in [4.78, 5) is 0. The molecule has 3 N–H and O–H groups in total. The maximum absolute atomic E-state index is 9.55. The van der Waals surface area contributed by atoms with E-state index in [0.717, 1.165) is 0 Å². The molecule has 0 bridgehead atoms. The van der Waals surface area contributed by atoms with Gasteiger partial charge in [-0.25, -0.2) is 0 Å². The zero-order chi connectivity index (χ0) is 10.1. The number of aliphatic hydroxyl groups is 2. The van der Waals surface area contributed by atoms with Crippen molar-refractivity contribution in [2.75, 3.05) is 13.2 Å². The average Bonchev–Trinajstić information content (AvgIpc) is 2.81. The summed E-state index contributed by atoms with van der Waals surface area (Å²) in [5, 5.41) is 21.6. The van der Waals surface area contributed by atoms with E-state index < -0.39 is 5.60 Å². The third-order valence-electron chi connectivity index (χ3n) is 3.21. The first kappa shape index (κ1) is 11.0. The molecule has 0 aliphatic heterocycles. The molecule has 78 valence electrons. The van der Waals surface area contributed by atoms with Crippen LogP contribution in [0.5, 0.6) is 0 Å². The van der Waals surface area contributed by atoms with Gasteiger partial charge in [-0.3, -0.25) is 0 Å². The molecule has 1 fully saturated rings. The van der Waals surface area contributed by atoms with Crippen molar-refractivity contribution < 1.29 is 10.2 Å². The number of aliphatic hydroxyl groups excluding tert-OH is 1. The normalized spacial score (nSPS) is 26.5. The highest BCUT2D eigenvalue weighted by molar-refractivity contribution is 4.97. The number of hydrogen-bond acceptors (Lipinski definition) is 3. The van der Waals surface area contributed by atoms with Crippen LogP contribution in [0.2, 0.25) is 0 Å². The summed E-state index contributed by atoms with van der Waals surface area (Å²) in [5.74, 6) is 0. The van der Waals surface area contributed by atoms with Crippen molar-refractivity contribution in [3.63, 3.8) is 0 Å². The van der Waals surface area contributed by atoms with Gasteiger partial charge in [0.15, 0.2) is 0 Å². The zero-order valence-corrected chi connectivity index (χ0v) is 8.80. The van der Waals surface area contributed by atoms with E-state index in [4.69, 9.17) is 5.11 Å². The van der Waals surface area contributed by atoms with Gasteiger partial charge in [-0.05, 0) is 32.1 Å². The molecule has 13 heavy (non-hydrogen) atoms. The molecular weight excluding hydrogens is 166 g/mol. The molecule has 3 heteroatoms. The number of rotatable bonds is 5. The van der Waals surface area contributed by atoms with Gasteiger partial charge in [0, 0.05) is 12.6 Å². The SMILES string of the molecule is CC(NCC(C)(O)CO)C1(C)CC1. The van der Waals surface area contributed by atoms with Crippen LogP contribution in [-0.2, 0) is 0 Å². The van der Waals surface area contributed by atoms with Gasteiger partial charge in [0.2, 0.25) is 0 Å². The maximum Gasteiger partial charge on any atom is 0.0972 e. The largest absolute Gasteiger partial charge is 0.393 e. The highest BCUT2D eigenvalue weighted by Gasteiger charge is 2.42. The molecule has 1 aliphatic carbocycles. The van der Waals surface area contributed by atoms with E-state index in [2.05, 4.69) is 19.2 Å². The molecule has 1 rings (SSSR count). The Morgan fingerprint density at radius 3 is 2.46 bits per heavy atom. The molecule has 0 spiro atoms. The molecule has 1 aliphatic rings. The van der Waals surface area contributed by atoms with Gasteiger partial charge in [-0.15, -0.1) is 0 Å². The third-order valence-corrected chi connectivity index (χ3v) is 3.21. The summed E-state index contributed by atoms with van der Waals surface area (Å²) < 4.78 is 0. The van der Waals surface area contributed by atoms with Crippen molar-refractivity contribution in [3.05, 3.63) is 0 Å². The fraction of sp³-hybridized carbons (Fsp3) is 1.00. The minimum atomic E-state index is -0.987. The van der Waals surface area contributed by atoms with Gasteiger partial charge in [0.1, 0.15) is 0 Å². The van der Waals surface area contributed by atoms with Gasteiger partial charge in [0.25, 0.3) is 0 Å². The van der Waals surface area contributed by atoms with Crippen molar-refractivity contribution in [3.8, 4) is 0 Å². The Labute approximate surface area is 80.2 Å². The van der Waals surface area contributed by atoms with Gasteiger partial charge < -0.3 is 15.5 Å². The van der Waals surface area contributed by atoms with Gasteiger partial charge in [0.05, 0.1) is 12.2 Å². The predicted octanol–water partition coefficient (Wildman–Crippen LogP) is 0.508. The molecule has 0 radical (unpaired) electrons. The molecule has 0 aromatic rings. The Balaban J connectivity index is 2.26. The van der Waals surface area contributed by atoms with Gasteiger partial charge >= 0.3 is 0 Å². The van der Waals surface area contributed by atoms with E-state index in [1.807, 2.05) is 0 Å². The van der Waals surface area contributed by atoms with Crippen LogP contribution >= 0.6 is 0 Å². The molecule has 0 amide bonds. The first-order chi connectivity index (χ1) is 5.90. The van der Waals surface area contributed by atoms with Crippen molar-refractivity contribution in [2.45, 2.75) is 45.3 Å². The molecule has 0 aromatic heterocycles. The van der Waals surface area contributed by atoms with Crippen LogP contribution in [0.15, 0.2) is 0 Å². The average molecular weight is 187 g/mol. The highest BCUT2D eigenvalue weighted by Crippen LogP contribution is 2.47. The van der Waals surface area contributed by atoms with Crippen LogP contribution in [0.3, 0.4) is 0 Å². The second kappa shape index (κ2) is 3.56. The van der Waals surface area contributed by atoms with Gasteiger partial charge in [-0.1, -0.05) is 6.92 Å². The molecule has 2 atom stereocenters. The minimum Gasteiger partial charge on any atom is -0.393 e.